The van der Waals surface area contributed by atoms with E-state index in [1.807, 2.05) is 4.90 Å². The molecule has 0 spiro atoms. The minimum atomic E-state index is -0.162. The average Bonchev–Trinajstić information content (AvgIpc) is 2.33. The predicted molar refractivity (Wildman–Crippen MR) is 61.1 cm³/mol. The summed E-state index contributed by atoms with van der Waals surface area (Å²) < 4.78 is 0. The number of piperidine rings is 1. The molecule has 0 aromatic carbocycles. The molecule has 5 nitrogen and oxygen atoms in total. The number of aliphatic hydroxyl groups excluding tert-OH is 1. The molecule has 0 radical (unpaired) electrons. The van der Waals surface area contributed by atoms with Crippen LogP contribution in [0.15, 0.2) is 0 Å². The summed E-state index contributed by atoms with van der Waals surface area (Å²) in [6.45, 7) is 5.68. The third-order valence-electron chi connectivity index (χ3n) is 3.39. The van der Waals surface area contributed by atoms with Gasteiger partial charge in [-0.1, -0.05) is 0 Å². The van der Waals surface area contributed by atoms with Gasteiger partial charge in [-0.25, -0.2) is 0 Å². The maximum Gasteiger partial charge on any atom is 0.236 e. The Bertz CT molecular complexity index is 233. The van der Waals surface area contributed by atoms with E-state index < -0.39 is 0 Å². The second-order valence-corrected chi connectivity index (χ2v) is 4.64. The van der Waals surface area contributed by atoms with Crippen LogP contribution in [0.3, 0.4) is 0 Å². The van der Waals surface area contributed by atoms with Gasteiger partial charge in [0.15, 0.2) is 0 Å². The minimum Gasteiger partial charge on any atom is -0.393 e. The Balaban J connectivity index is 1.73. The van der Waals surface area contributed by atoms with Crippen LogP contribution >= 0.6 is 0 Å². The minimum absolute atomic E-state index is 0.162. The van der Waals surface area contributed by atoms with Gasteiger partial charge >= 0.3 is 0 Å². The highest BCUT2D eigenvalue weighted by molar-refractivity contribution is 5.78. The van der Waals surface area contributed by atoms with Gasteiger partial charge in [-0.3, -0.25) is 9.69 Å². The fraction of sp³-hybridized carbons (Fsp3) is 0.909. The smallest absolute Gasteiger partial charge is 0.236 e. The standard InChI is InChI=1S/C11H21N3O2/c15-10-1-5-13(6-2-10)9-11(16)14-7-3-12-4-8-14/h10,12,15H,1-9H2. The normalized spacial score (nSPS) is 24.7. The second kappa shape index (κ2) is 5.61. The van der Waals surface area contributed by atoms with Gasteiger partial charge in [-0.15, -0.1) is 0 Å². The highest BCUT2D eigenvalue weighted by atomic mass is 16.3. The lowest BCUT2D eigenvalue weighted by Gasteiger charge is -2.33. The van der Waals surface area contributed by atoms with Crippen molar-refractivity contribution in [1.82, 2.24) is 15.1 Å². The molecule has 92 valence electrons. The molecule has 2 rings (SSSR count). The SMILES string of the molecule is O=C(CN1CCC(O)CC1)N1CCNCC1. The van der Waals surface area contributed by atoms with Crippen LogP contribution in [0.2, 0.25) is 0 Å². The number of rotatable bonds is 2. The molecule has 5 heteroatoms. The largest absolute Gasteiger partial charge is 0.393 e. The van der Waals surface area contributed by atoms with Crippen molar-refractivity contribution in [2.24, 2.45) is 0 Å². The second-order valence-electron chi connectivity index (χ2n) is 4.64. The average molecular weight is 227 g/mol. The number of hydrogen-bond donors (Lipinski definition) is 2. The maximum atomic E-state index is 11.9. The topological polar surface area (TPSA) is 55.8 Å². The Morgan fingerprint density at radius 1 is 1.19 bits per heavy atom. The molecule has 2 N–H and O–H groups in total. The molecule has 0 aromatic heterocycles. The molecule has 2 heterocycles. The van der Waals surface area contributed by atoms with Gasteiger partial charge in [0.2, 0.25) is 5.91 Å². The summed E-state index contributed by atoms with van der Waals surface area (Å²) in [5.41, 5.74) is 0. The zero-order valence-electron chi connectivity index (χ0n) is 9.69. The molecule has 2 saturated heterocycles. The van der Waals surface area contributed by atoms with E-state index in [-0.39, 0.29) is 12.0 Å². The fourth-order valence-corrected chi connectivity index (χ4v) is 2.28. The predicted octanol–water partition coefficient (Wildman–Crippen LogP) is -1.13. The van der Waals surface area contributed by atoms with E-state index in [9.17, 15) is 9.90 Å². The van der Waals surface area contributed by atoms with E-state index in [4.69, 9.17) is 0 Å². The lowest BCUT2D eigenvalue weighted by molar-refractivity contribution is -0.133. The van der Waals surface area contributed by atoms with Crippen molar-refractivity contribution in [3.8, 4) is 0 Å². The zero-order chi connectivity index (χ0) is 11.4. The summed E-state index contributed by atoms with van der Waals surface area (Å²) in [4.78, 5) is 16.0. The van der Waals surface area contributed by atoms with Crippen LogP contribution in [0.4, 0.5) is 0 Å². The maximum absolute atomic E-state index is 11.9. The number of likely N-dealkylation sites (tertiary alicyclic amines) is 1. The summed E-state index contributed by atoms with van der Waals surface area (Å²) in [6.07, 6.45) is 1.44. The number of carbonyl (C=O) groups excluding carboxylic acids is 1. The summed E-state index contributed by atoms with van der Waals surface area (Å²) in [7, 11) is 0. The molecular formula is C11H21N3O2. The highest BCUT2D eigenvalue weighted by Gasteiger charge is 2.22. The summed E-state index contributed by atoms with van der Waals surface area (Å²) in [5.74, 6) is 0.234. The van der Waals surface area contributed by atoms with Gasteiger partial charge in [0.25, 0.3) is 0 Å². The third kappa shape index (κ3) is 3.17. The van der Waals surface area contributed by atoms with Crippen LogP contribution in [-0.2, 0) is 4.79 Å². The van der Waals surface area contributed by atoms with Crippen molar-refractivity contribution in [3.05, 3.63) is 0 Å². The van der Waals surface area contributed by atoms with E-state index in [1.54, 1.807) is 0 Å². The molecule has 0 aliphatic carbocycles. The molecule has 2 fully saturated rings. The first-order chi connectivity index (χ1) is 7.75. The lowest BCUT2D eigenvalue weighted by atomic mass is 10.1. The van der Waals surface area contributed by atoms with E-state index >= 15 is 0 Å². The van der Waals surface area contributed by atoms with E-state index in [0.29, 0.717) is 6.54 Å². The molecule has 0 aromatic rings. The molecule has 2 aliphatic rings. The molecular weight excluding hydrogens is 206 g/mol. The molecule has 0 saturated carbocycles. The third-order valence-corrected chi connectivity index (χ3v) is 3.39. The fourth-order valence-electron chi connectivity index (χ4n) is 2.28. The van der Waals surface area contributed by atoms with Crippen molar-refractivity contribution < 1.29 is 9.90 Å². The van der Waals surface area contributed by atoms with Crippen LogP contribution in [0.25, 0.3) is 0 Å². The number of aliphatic hydroxyl groups is 1. The number of nitrogens with zero attached hydrogens (tertiary/aromatic N) is 2. The first-order valence-electron chi connectivity index (χ1n) is 6.14. The molecule has 0 atom stereocenters. The number of amides is 1. The molecule has 1 amide bonds. The Morgan fingerprint density at radius 2 is 1.81 bits per heavy atom. The van der Waals surface area contributed by atoms with Gasteiger partial charge < -0.3 is 15.3 Å². The molecule has 2 aliphatic heterocycles. The quantitative estimate of drug-likeness (QED) is 0.627. The number of piperazine rings is 1. The summed E-state index contributed by atoms with van der Waals surface area (Å²) in [5, 5.41) is 12.6. The van der Waals surface area contributed by atoms with Crippen LogP contribution in [0.5, 0.6) is 0 Å². The van der Waals surface area contributed by atoms with Gasteiger partial charge in [-0.2, -0.15) is 0 Å². The Hall–Kier alpha value is -0.650. The van der Waals surface area contributed by atoms with E-state index in [2.05, 4.69) is 10.2 Å². The number of nitrogens with one attached hydrogen (secondary N) is 1. The van der Waals surface area contributed by atoms with E-state index in [1.165, 1.54) is 0 Å². The summed E-state index contributed by atoms with van der Waals surface area (Å²) in [6, 6.07) is 0. The van der Waals surface area contributed by atoms with Gasteiger partial charge in [0.05, 0.1) is 12.6 Å². The van der Waals surface area contributed by atoms with Crippen molar-refractivity contribution in [3.63, 3.8) is 0 Å². The number of hydrogen-bond acceptors (Lipinski definition) is 4. The molecule has 16 heavy (non-hydrogen) atoms. The van der Waals surface area contributed by atoms with Crippen molar-refractivity contribution in [1.29, 1.82) is 0 Å². The first-order valence-corrected chi connectivity index (χ1v) is 6.14. The van der Waals surface area contributed by atoms with Gasteiger partial charge in [-0.05, 0) is 12.8 Å². The van der Waals surface area contributed by atoms with Crippen LogP contribution in [0.1, 0.15) is 12.8 Å². The van der Waals surface area contributed by atoms with Crippen molar-refractivity contribution in [2.75, 3.05) is 45.8 Å². The Morgan fingerprint density at radius 3 is 2.44 bits per heavy atom. The first kappa shape index (κ1) is 11.8. The summed E-state index contributed by atoms with van der Waals surface area (Å²) >= 11 is 0. The van der Waals surface area contributed by atoms with Crippen LogP contribution in [-0.4, -0.2) is 72.7 Å². The van der Waals surface area contributed by atoms with Gasteiger partial charge in [0, 0.05) is 39.3 Å². The molecule has 0 unspecified atom stereocenters. The van der Waals surface area contributed by atoms with Crippen LogP contribution < -0.4 is 5.32 Å². The number of carbonyl (C=O) groups is 1. The highest BCUT2D eigenvalue weighted by Crippen LogP contribution is 2.09. The monoisotopic (exact) mass is 227 g/mol. The lowest BCUT2D eigenvalue weighted by Crippen LogP contribution is -2.50. The van der Waals surface area contributed by atoms with Crippen LogP contribution in [0, 0.1) is 0 Å². The van der Waals surface area contributed by atoms with E-state index in [0.717, 1.165) is 52.1 Å². The Labute approximate surface area is 96.4 Å². The zero-order valence-corrected chi connectivity index (χ0v) is 9.69. The van der Waals surface area contributed by atoms with Crippen molar-refractivity contribution in [2.45, 2.75) is 18.9 Å². The Kier molecular flexibility index (Phi) is 4.15. The molecule has 0 bridgehead atoms. The van der Waals surface area contributed by atoms with Crippen molar-refractivity contribution >= 4 is 5.91 Å². The van der Waals surface area contributed by atoms with Gasteiger partial charge in [0.1, 0.15) is 0 Å².